The molecule has 1 N–H and O–H groups in total. The second-order valence-corrected chi connectivity index (χ2v) is 2.78. The normalized spacial score (nSPS) is 8.12. The van der Waals surface area contributed by atoms with Gasteiger partial charge in [-0.15, -0.1) is 0 Å². The van der Waals surface area contributed by atoms with Crippen LogP contribution in [-0.2, 0) is 6.54 Å². The second-order valence-electron chi connectivity index (χ2n) is 2.78. The predicted molar refractivity (Wildman–Crippen MR) is 71.9 cm³/mol. The zero-order valence-corrected chi connectivity index (χ0v) is 11.4. The molecular weight excluding hydrogens is 198 g/mol. The highest BCUT2D eigenvalue weighted by molar-refractivity contribution is 5.93. The van der Waals surface area contributed by atoms with E-state index in [4.69, 9.17) is 0 Å². The van der Waals surface area contributed by atoms with Gasteiger partial charge in [0.15, 0.2) is 5.78 Å². The third-order valence-corrected chi connectivity index (χ3v) is 1.74. The van der Waals surface area contributed by atoms with Gasteiger partial charge >= 0.3 is 0 Å². The smallest absolute Gasteiger partial charge is 0.159 e. The Morgan fingerprint density at radius 2 is 1.50 bits per heavy atom. The summed E-state index contributed by atoms with van der Waals surface area (Å²) in [6, 6.07) is 7.64. The molecule has 2 nitrogen and oxygen atoms in total. The quantitative estimate of drug-likeness (QED) is 0.792. The topological polar surface area (TPSA) is 29.1 Å². The van der Waals surface area contributed by atoms with Gasteiger partial charge in [0.2, 0.25) is 0 Å². The van der Waals surface area contributed by atoms with Gasteiger partial charge < -0.3 is 5.32 Å². The number of Topliss-reactive ketones (excluding diaryl/α,β-unsaturated/α-hetero) is 1. The molecule has 0 aliphatic heterocycles. The van der Waals surface area contributed by atoms with Crippen molar-refractivity contribution in [3.63, 3.8) is 0 Å². The van der Waals surface area contributed by atoms with Crippen molar-refractivity contribution in [1.82, 2.24) is 5.32 Å². The molecule has 0 bridgehead atoms. The fourth-order valence-electron chi connectivity index (χ4n) is 1.06. The van der Waals surface area contributed by atoms with Crippen molar-refractivity contribution in [2.24, 2.45) is 0 Å². The molecule has 1 aromatic rings. The lowest BCUT2D eigenvalue weighted by Crippen LogP contribution is -2.05. The molecule has 0 heterocycles. The third-order valence-electron chi connectivity index (χ3n) is 1.74. The number of rotatable bonds is 3. The number of hydrogen-bond donors (Lipinski definition) is 1. The molecule has 1 rings (SSSR count). The lowest BCUT2D eigenvalue weighted by Gasteiger charge is -2.00. The average Bonchev–Trinajstić information content (AvgIpc) is 2.35. The van der Waals surface area contributed by atoms with Crippen molar-refractivity contribution in [3.05, 3.63) is 35.4 Å². The third kappa shape index (κ3) is 7.18. The van der Waals surface area contributed by atoms with Crippen LogP contribution in [0.25, 0.3) is 0 Å². The van der Waals surface area contributed by atoms with E-state index in [1.807, 2.05) is 59.0 Å². The molecule has 0 aliphatic rings. The summed E-state index contributed by atoms with van der Waals surface area (Å²) >= 11 is 0. The Labute approximate surface area is 100 Å². The van der Waals surface area contributed by atoms with Gasteiger partial charge in [0.05, 0.1) is 0 Å². The van der Waals surface area contributed by atoms with Gasteiger partial charge in [0.25, 0.3) is 0 Å². The summed E-state index contributed by atoms with van der Waals surface area (Å²) in [5.74, 6) is 0.117. The van der Waals surface area contributed by atoms with Crippen LogP contribution < -0.4 is 5.32 Å². The van der Waals surface area contributed by atoms with Crippen LogP contribution in [0.2, 0.25) is 0 Å². The molecule has 2 heteroatoms. The summed E-state index contributed by atoms with van der Waals surface area (Å²) in [5, 5.41) is 3.05. The first-order chi connectivity index (χ1) is 7.74. The highest BCUT2D eigenvalue weighted by Gasteiger charge is 1.97. The molecule has 0 unspecified atom stereocenters. The second kappa shape index (κ2) is 11.9. The number of benzene rings is 1. The molecule has 0 saturated heterocycles. The number of ketones is 1. The standard InChI is InChI=1S/C10H13NO.2C2H6/c1-8(12)10-5-3-9(4-6-10)7-11-2;2*1-2/h3-6,11H,7H2,1-2H3;2*1-2H3. The van der Waals surface area contributed by atoms with Crippen LogP contribution in [0.1, 0.15) is 50.5 Å². The molecule has 16 heavy (non-hydrogen) atoms. The maximum atomic E-state index is 10.9. The van der Waals surface area contributed by atoms with Crippen LogP contribution in [0.3, 0.4) is 0 Å². The van der Waals surface area contributed by atoms with Gasteiger partial charge in [-0.3, -0.25) is 4.79 Å². The van der Waals surface area contributed by atoms with Gasteiger partial charge in [0.1, 0.15) is 0 Å². The largest absolute Gasteiger partial charge is 0.316 e. The van der Waals surface area contributed by atoms with E-state index >= 15 is 0 Å². The van der Waals surface area contributed by atoms with E-state index in [9.17, 15) is 4.79 Å². The van der Waals surface area contributed by atoms with Gasteiger partial charge in [-0.25, -0.2) is 0 Å². The Balaban J connectivity index is 0. The Bertz CT molecular complexity index is 265. The maximum Gasteiger partial charge on any atom is 0.159 e. The first-order valence-corrected chi connectivity index (χ1v) is 5.98. The molecule has 0 spiro atoms. The highest BCUT2D eigenvalue weighted by Crippen LogP contribution is 2.04. The van der Waals surface area contributed by atoms with Crippen LogP contribution in [0.15, 0.2) is 24.3 Å². The van der Waals surface area contributed by atoms with E-state index < -0.39 is 0 Å². The van der Waals surface area contributed by atoms with Crippen molar-refractivity contribution in [2.45, 2.75) is 41.2 Å². The maximum absolute atomic E-state index is 10.9. The van der Waals surface area contributed by atoms with E-state index in [0.717, 1.165) is 12.1 Å². The molecule has 0 aliphatic carbocycles. The monoisotopic (exact) mass is 223 g/mol. The van der Waals surface area contributed by atoms with Crippen molar-refractivity contribution in [1.29, 1.82) is 0 Å². The van der Waals surface area contributed by atoms with Crippen molar-refractivity contribution in [3.8, 4) is 0 Å². The molecular formula is C14H25NO. The van der Waals surface area contributed by atoms with E-state index in [2.05, 4.69) is 5.32 Å². The van der Waals surface area contributed by atoms with Gasteiger partial charge in [-0.2, -0.15) is 0 Å². The van der Waals surface area contributed by atoms with Crippen molar-refractivity contribution >= 4 is 5.78 Å². The Morgan fingerprint density at radius 3 is 1.81 bits per heavy atom. The van der Waals surface area contributed by atoms with Gasteiger partial charge in [-0.1, -0.05) is 52.0 Å². The van der Waals surface area contributed by atoms with E-state index in [1.54, 1.807) is 6.92 Å². The van der Waals surface area contributed by atoms with E-state index in [0.29, 0.717) is 0 Å². The minimum absolute atomic E-state index is 0.117. The first kappa shape index (κ1) is 17.3. The van der Waals surface area contributed by atoms with Crippen molar-refractivity contribution < 1.29 is 4.79 Å². The fraction of sp³-hybridized carbons (Fsp3) is 0.500. The van der Waals surface area contributed by atoms with Crippen molar-refractivity contribution in [2.75, 3.05) is 7.05 Å². The number of carbonyl (C=O) groups excluding carboxylic acids is 1. The summed E-state index contributed by atoms with van der Waals surface area (Å²) in [7, 11) is 1.90. The molecule has 1 aromatic carbocycles. The summed E-state index contributed by atoms with van der Waals surface area (Å²) in [6.07, 6.45) is 0. The average molecular weight is 223 g/mol. The summed E-state index contributed by atoms with van der Waals surface area (Å²) < 4.78 is 0. The minimum atomic E-state index is 0.117. The lowest BCUT2D eigenvalue weighted by molar-refractivity contribution is 0.101. The summed E-state index contributed by atoms with van der Waals surface area (Å²) in [4.78, 5) is 10.9. The Kier molecular flexibility index (Phi) is 12.9. The summed E-state index contributed by atoms with van der Waals surface area (Å²) in [6.45, 7) is 10.4. The number of nitrogens with one attached hydrogen (secondary N) is 1. The minimum Gasteiger partial charge on any atom is -0.316 e. The SMILES string of the molecule is CC.CC.CNCc1ccc(C(C)=O)cc1. The molecule has 0 aromatic heterocycles. The molecule has 0 amide bonds. The molecule has 0 fully saturated rings. The zero-order valence-electron chi connectivity index (χ0n) is 11.4. The molecule has 0 radical (unpaired) electrons. The Hall–Kier alpha value is -1.15. The number of hydrogen-bond acceptors (Lipinski definition) is 2. The van der Waals surface area contributed by atoms with Crippen LogP contribution in [0.4, 0.5) is 0 Å². The first-order valence-electron chi connectivity index (χ1n) is 5.98. The van der Waals surface area contributed by atoms with Crippen LogP contribution in [0.5, 0.6) is 0 Å². The molecule has 0 saturated carbocycles. The predicted octanol–water partition coefficient (Wildman–Crippen LogP) is 3.66. The highest BCUT2D eigenvalue weighted by atomic mass is 16.1. The zero-order chi connectivity index (χ0) is 13.0. The van der Waals surface area contributed by atoms with Crippen LogP contribution in [0, 0.1) is 0 Å². The summed E-state index contributed by atoms with van der Waals surface area (Å²) in [5.41, 5.74) is 1.97. The van der Waals surface area contributed by atoms with E-state index in [1.165, 1.54) is 5.56 Å². The van der Waals surface area contributed by atoms with Gasteiger partial charge in [-0.05, 0) is 19.5 Å². The lowest BCUT2D eigenvalue weighted by atomic mass is 10.1. The fourth-order valence-corrected chi connectivity index (χ4v) is 1.06. The number of carbonyl (C=O) groups is 1. The van der Waals surface area contributed by atoms with E-state index in [-0.39, 0.29) is 5.78 Å². The van der Waals surface area contributed by atoms with Crippen LogP contribution >= 0.6 is 0 Å². The Morgan fingerprint density at radius 1 is 1.06 bits per heavy atom. The molecule has 0 atom stereocenters. The molecule has 92 valence electrons. The van der Waals surface area contributed by atoms with Crippen LogP contribution in [-0.4, -0.2) is 12.8 Å². The van der Waals surface area contributed by atoms with Gasteiger partial charge in [0, 0.05) is 12.1 Å².